The van der Waals surface area contributed by atoms with E-state index in [2.05, 4.69) is 20.4 Å². The quantitative estimate of drug-likeness (QED) is 0.388. The molecule has 0 aliphatic carbocycles. The molecule has 4 rings (SSSR count). The summed E-state index contributed by atoms with van der Waals surface area (Å²) in [5.74, 6) is 0.0524. The molecule has 0 saturated carbocycles. The van der Waals surface area contributed by atoms with E-state index in [0.717, 1.165) is 15.7 Å². The number of aromatic nitrogens is 5. The van der Waals surface area contributed by atoms with E-state index in [1.807, 2.05) is 30.3 Å². The van der Waals surface area contributed by atoms with Crippen molar-refractivity contribution in [2.75, 3.05) is 4.90 Å². The van der Waals surface area contributed by atoms with Gasteiger partial charge in [0.2, 0.25) is 0 Å². The number of nitrogens with zero attached hydrogens (tertiary/aromatic N) is 6. The maximum atomic E-state index is 13.3. The Morgan fingerprint density at radius 1 is 0.848 bits per heavy atom. The molecule has 0 spiro atoms. The minimum Gasteiger partial charge on any atom is -0.329 e. The van der Waals surface area contributed by atoms with E-state index in [9.17, 15) is 26.3 Å². The largest absolute Gasteiger partial charge is 0.416 e. The first-order chi connectivity index (χ1) is 15.5. The Kier molecular flexibility index (Phi) is 5.68. The summed E-state index contributed by atoms with van der Waals surface area (Å²) in [4.78, 5) is 6.93. The van der Waals surface area contributed by atoms with E-state index in [0.29, 0.717) is 17.7 Å². The molecule has 2 aromatic carbocycles. The van der Waals surface area contributed by atoms with Crippen molar-refractivity contribution in [1.82, 2.24) is 25.2 Å². The van der Waals surface area contributed by atoms with Gasteiger partial charge in [0.05, 0.1) is 23.7 Å². The molecule has 2 heterocycles. The highest BCUT2D eigenvalue weighted by atomic mass is 19.4. The standard InChI is InChI=1S/C21H16F6N6/c1-32-30-19(29-31-32)33(12-14-6-15-4-2-3-5-18(15)28-10-14)11-13-7-16(20(22,23)24)9-17(8-13)21(25,26)27/h2-10H,11-12H2,1H3. The van der Waals surface area contributed by atoms with Gasteiger partial charge in [0.15, 0.2) is 0 Å². The predicted octanol–water partition coefficient (Wildman–Crippen LogP) is 5.00. The smallest absolute Gasteiger partial charge is 0.329 e. The van der Waals surface area contributed by atoms with Crippen LogP contribution in [0, 0.1) is 0 Å². The van der Waals surface area contributed by atoms with Crippen molar-refractivity contribution in [2.45, 2.75) is 25.4 Å². The average Bonchev–Trinajstić information content (AvgIpc) is 3.18. The van der Waals surface area contributed by atoms with Crippen molar-refractivity contribution in [3.8, 4) is 0 Å². The lowest BCUT2D eigenvalue weighted by atomic mass is 10.0. The third-order valence-corrected chi connectivity index (χ3v) is 4.82. The van der Waals surface area contributed by atoms with Crippen LogP contribution in [0.3, 0.4) is 0 Å². The minimum absolute atomic E-state index is 0.0524. The summed E-state index contributed by atoms with van der Waals surface area (Å²) in [6.07, 6.45) is -8.29. The minimum atomic E-state index is -4.94. The second-order valence-electron chi connectivity index (χ2n) is 7.39. The second kappa shape index (κ2) is 8.34. The molecular formula is C21H16F6N6. The first-order valence-corrected chi connectivity index (χ1v) is 9.60. The van der Waals surface area contributed by atoms with Gasteiger partial charge < -0.3 is 4.90 Å². The van der Waals surface area contributed by atoms with Crippen LogP contribution in [0.5, 0.6) is 0 Å². The summed E-state index contributed by atoms with van der Waals surface area (Å²) in [5, 5.41) is 12.5. The van der Waals surface area contributed by atoms with Crippen LogP contribution in [-0.2, 0) is 32.5 Å². The van der Waals surface area contributed by atoms with Gasteiger partial charge in [-0.25, -0.2) is 0 Å². The van der Waals surface area contributed by atoms with Gasteiger partial charge in [0.1, 0.15) is 0 Å². The van der Waals surface area contributed by atoms with Gasteiger partial charge in [-0.05, 0) is 46.7 Å². The number of fused-ring (bicyclic) bond motifs is 1. The zero-order valence-electron chi connectivity index (χ0n) is 17.1. The maximum absolute atomic E-state index is 13.3. The highest BCUT2D eigenvalue weighted by molar-refractivity contribution is 5.78. The van der Waals surface area contributed by atoms with E-state index in [1.165, 1.54) is 11.9 Å². The molecule has 0 fully saturated rings. The molecule has 33 heavy (non-hydrogen) atoms. The number of anilines is 1. The predicted molar refractivity (Wildman–Crippen MR) is 107 cm³/mol. The van der Waals surface area contributed by atoms with Gasteiger partial charge in [-0.3, -0.25) is 4.98 Å². The lowest BCUT2D eigenvalue weighted by molar-refractivity contribution is -0.143. The van der Waals surface area contributed by atoms with Crippen LogP contribution in [-0.4, -0.2) is 25.2 Å². The fraction of sp³-hybridized carbons (Fsp3) is 0.238. The number of aryl methyl sites for hydroxylation is 1. The Morgan fingerprint density at radius 3 is 2.09 bits per heavy atom. The molecule has 4 aromatic rings. The Labute approximate surface area is 183 Å². The zero-order chi connectivity index (χ0) is 23.8. The normalized spacial score (nSPS) is 12.3. The second-order valence-corrected chi connectivity index (χ2v) is 7.39. The fourth-order valence-electron chi connectivity index (χ4n) is 3.35. The maximum Gasteiger partial charge on any atom is 0.416 e. The van der Waals surface area contributed by atoms with Crippen LogP contribution in [0.15, 0.2) is 54.7 Å². The monoisotopic (exact) mass is 466 g/mol. The number of alkyl halides is 6. The van der Waals surface area contributed by atoms with E-state index >= 15 is 0 Å². The summed E-state index contributed by atoms with van der Waals surface area (Å²) in [6, 6.07) is 10.6. The molecule has 0 N–H and O–H groups in total. The lowest BCUT2D eigenvalue weighted by Crippen LogP contribution is -2.24. The molecule has 0 atom stereocenters. The molecule has 172 valence electrons. The summed E-state index contributed by atoms with van der Waals surface area (Å²) < 4.78 is 79.6. The molecule has 0 amide bonds. The van der Waals surface area contributed by atoms with Crippen molar-refractivity contribution in [1.29, 1.82) is 0 Å². The summed E-state index contributed by atoms with van der Waals surface area (Å²) >= 11 is 0. The topological polar surface area (TPSA) is 59.7 Å². The molecule has 0 aliphatic rings. The number of rotatable bonds is 5. The molecule has 0 saturated heterocycles. The van der Waals surface area contributed by atoms with Crippen LogP contribution in [0.1, 0.15) is 22.3 Å². The fourth-order valence-corrected chi connectivity index (χ4v) is 3.35. The average molecular weight is 466 g/mol. The van der Waals surface area contributed by atoms with Crippen molar-refractivity contribution in [2.24, 2.45) is 7.05 Å². The van der Waals surface area contributed by atoms with E-state index in [4.69, 9.17) is 0 Å². The van der Waals surface area contributed by atoms with Crippen molar-refractivity contribution in [3.05, 3.63) is 77.0 Å². The van der Waals surface area contributed by atoms with Gasteiger partial charge in [0.25, 0.3) is 5.95 Å². The Bertz CT molecular complexity index is 1250. The van der Waals surface area contributed by atoms with Crippen LogP contribution in [0.4, 0.5) is 32.3 Å². The van der Waals surface area contributed by atoms with Crippen molar-refractivity contribution in [3.63, 3.8) is 0 Å². The number of para-hydroxylation sites is 1. The Hall–Kier alpha value is -3.70. The molecule has 6 nitrogen and oxygen atoms in total. The SMILES string of the molecule is Cn1nnc(N(Cc2cc(C(F)(F)F)cc(C(F)(F)F)c2)Cc2cnc3ccccc3c2)n1. The molecule has 0 radical (unpaired) electrons. The van der Waals surface area contributed by atoms with E-state index in [1.54, 1.807) is 6.20 Å². The van der Waals surface area contributed by atoms with Crippen LogP contribution in [0.2, 0.25) is 0 Å². The zero-order valence-corrected chi connectivity index (χ0v) is 17.1. The third-order valence-electron chi connectivity index (χ3n) is 4.82. The third kappa shape index (κ3) is 5.21. The first kappa shape index (κ1) is 22.5. The summed E-state index contributed by atoms with van der Waals surface area (Å²) in [7, 11) is 1.50. The lowest BCUT2D eigenvalue weighted by Gasteiger charge is -2.22. The van der Waals surface area contributed by atoms with Gasteiger partial charge in [-0.15, -0.1) is 5.10 Å². The molecule has 0 bridgehead atoms. The number of hydrogen-bond donors (Lipinski definition) is 0. The van der Waals surface area contributed by atoms with Gasteiger partial charge in [0, 0.05) is 24.7 Å². The molecule has 0 unspecified atom stereocenters. The van der Waals surface area contributed by atoms with Crippen molar-refractivity contribution < 1.29 is 26.3 Å². The number of pyridine rings is 1. The summed E-state index contributed by atoms with van der Waals surface area (Å²) in [5.41, 5.74) is -1.54. The highest BCUT2D eigenvalue weighted by Crippen LogP contribution is 2.36. The molecule has 0 aliphatic heterocycles. The van der Waals surface area contributed by atoms with E-state index in [-0.39, 0.29) is 30.7 Å². The Balaban J connectivity index is 1.72. The number of tetrazole rings is 1. The first-order valence-electron chi connectivity index (χ1n) is 9.60. The van der Waals surface area contributed by atoms with E-state index < -0.39 is 23.5 Å². The van der Waals surface area contributed by atoms with Crippen LogP contribution in [0.25, 0.3) is 10.9 Å². The van der Waals surface area contributed by atoms with Gasteiger partial charge >= 0.3 is 12.4 Å². The number of hydrogen-bond acceptors (Lipinski definition) is 5. The van der Waals surface area contributed by atoms with Crippen LogP contribution >= 0.6 is 0 Å². The molecular weight excluding hydrogens is 450 g/mol. The Morgan fingerprint density at radius 2 is 1.48 bits per heavy atom. The number of halogens is 6. The van der Waals surface area contributed by atoms with Gasteiger partial charge in [-0.1, -0.05) is 23.3 Å². The molecule has 12 heteroatoms. The highest BCUT2D eigenvalue weighted by Gasteiger charge is 2.37. The molecule has 2 aromatic heterocycles. The summed E-state index contributed by atoms with van der Waals surface area (Å²) in [6.45, 7) is -0.230. The number of benzene rings is 2. The van der Waals surface area contributed by atoms with Gasteiger partial charge in [-0.2, -0.15) is 31.1 Å². The van der Waals surface area contributed by atoms with Crippen molar-refractivity contribution >= 4 is 16.9 Å². The van der Waals surface area contributed by atoms with Crippen LogP contribution < -0.4 is 4.90 Å².